The molecule has 2 aliphatic heterocycles. The molecule has 40 heavy (non-hydrogen) atoms. The molecular formula is C27H34N8O4S. The van der Waals surface area contributed by atoms with Crippen LogP contribution in [0.4, 0.5) is 38.6 Å². The molecule has 0 saturated carbocycles. The molecule has 5 rings (SSSR count). The van der Waals surface area contributed by atoms with Crippen LogP contribution in [-0.4, -0.2) is 84.8 Å². The number of hydrogen-bond acceptors (Lipinski definition) is 11. The number of piperazine rings is 1. The molecule has 0 bridgehead atoms. The van der Waals surface area contributed by atoms with Crippen molar-refractivity contribution in [3.8, 4) is 5.75 Å². The van der Waals surface area contributed by atoms with Gasteiger partial charge in [-0.25, -0.2) is 14.8 Å². The van der Waals surface area contributed by atoms with E-state index in [1.54, 1.807) is 25.3 Å². The number of rotatable bonds is 4. The van der Waals surface area contributed by atoms with E-state index in [1.807, 2.05) is 57.8 Å². The van der Waals surface area contributed by atoms with Crippen molar-refractivity contribution in [3.63, 3.8) is 0 Å². The summed E-state index contributed by atoms with van der Waals surface area (Å²) in [6, 6.07) is 5.88. The smallest absolute Gasteiger partial charge is 0.410 e. The average Bonchev–Trinajstić information content (AvgIpc) is 3.30. The molecule has 0 radical (unpaired) electrons. The van der Waals surface area contributed by atoms with E-state index in [0.717, 1.165) is 15.7 Å². The second kappa shape index (κ2) is 10.5. The summed E-state index contributed by atoms with van der Waals surface area (Å²) in [6.45, 7) is 10.0. The van der Waals surface area contributed by atoms with Crippen LogP contribution in [0.1, 0.15) is 36.3 Å². The van der Waals surface area contributed by atoms with Gasteiger partial charge in [-0.1, -0.05) is 0 Å². The first-order valence-electron chi connectivity index (χ1n) is 13.0. The van der Waals surface area contributed by atoms with Gasteiger partial charge in [0.2, 0.25) is 5.95 Å². The molecular weight excluding hydrogens is 532 g/mol. The first-order chi connectivity index (χ1) is 18.9. The largest absolute Gasteiger partial charge is 0.494 e. The van der Waals surface area contributed by atoms with E-state index in [0.29, 0.717) is 60.8 Å². The highest BCUT2D eigenvalue weighted by molar-refractivity contribution is 7.16. The van der Waals surface area contributed by atoms with Gasteiger partial charge < -0.3 is 34.4 Å². The minimum Gasteiger partial charge on any atom is -0.494 e. The van der Waals surface area contributed by atoms with Crippen molar-refractivity contribution < 1.29 is 19.1 Å². The molecule has 1 N–H and O–H groups in total. The monoisotopic (exact) mass is 566 g/mol. The van der Waals surface area contributed by atoms with E-state index in [1.165, 1.54) is 16.2 Å². The Bertz CT molecular complexity index is 1440. The third-order valence-electron chi connectivity index (χ3n) is 6.69. The quantitative estimate of drug-likeness (QED) is 0.487. The van der Waals surface area contributed by atoms with Crippen LogP contribution in [-0.2, 0) is 4.74 Å². The highest BCUT2D eigenvalue weighted by Gasteiger charge is 2.32. The maximum Gasteiger partial charge on any atom is 0.410 e. The van der Waals surface area contributed by atoms with E-state index >= 15 is 0 Å². The number of ether oxygens (including phenoxy) is 2. The lowest BCUT2D eigenvalue weighted by Gasteiger charge is -2.37. The minimum atomic E-state index is -0.517. The number of hydrogen-bond donors (Lipinski definition) is 1. The molecule has 2 aromatic heterocycles. The van der Waals surface area contributed by atoms with E-state index in [-0.39, 0.29) is 12.0 Å². The molecule has 12 nitrogen and oxygen atoms in total. The van der Waals surface area contributed by atoms with Gasteiger partial charge in [0.05, 0.1) is 24.0 Å². The lowest BCUT2D eigenvalue weighted by atomic mass is 10.2. The maximum absolute atomic E-state index is 13.0. The van der Waals surface area contributed by atoms with Crippen LogP contribution in [0.5, 0.6) is 5.75 Å². The molecule has 2 amide bonds. The number of fused-ring (bicyclic) bond motifs is 2. The molecule has 3 aromatic rings. The number of benzene rings is 1. The van der Waals surface area contributed by atoms with Crippen molar-refractivity contribution in [2.45, 2.75) is 33.3 Å². The van der Waals surface area contributed by atoms with Crippen molar-refractivity contribution in [2.24, 2.45) is 0 Å². The van der Waals surface area contributed by atoms with E-state index in [2.05, 4.69) is 20.2 Å². The summed E-state index contributed by atoms with van der Waals surface area (Å²) < 4.78 is 11.2. The molecule has 0 spiro atoms. The van der Waals surface area contributed by atoms with Crippen LogP contribution in [0, 0.1) is 6.92 Å². The first kappa shape index (κ1) is 27.4. The Balaban J connectivity index is 1.33. The minimum absolute atomic E-state index is 0.196. The molecule has 0 unspecified atom stereocenters. The highest BCUT2D eigenvalue weighted by atomic mass is 32.1. The van der Waals surface area contributed by atoms with Crippen molar-refractivity contribution in [1.82, 2.24) is 19.9 Å². The summed E-state index contributed by atoms with van der Waals surface area (Å²) in [7, 11) is 5.19. The topological polar surface area (TPSA) is 116 Å². The molecule has 1 fully saturated rings. The second-order valence-corrected chi connectivity index (χ2v) is 11.9. The third-order valence-corrected chi connectivity index (χ3v) is 7.73. The van der Waals surface area contributed by atoms with Gasteiger partial charge in [-0.3, -0.25) is 4.79 Å². The summed E-state index contributed by atoms with van der Waals surface area (Å²) in [4.78, 5) is 46.5. The third kappa shape index (κ3) is 5.33. The van der Waals surface area contributed by atoms with Crippen LogP contribution in [0.25, 0.3) is 0 Å². The maximum atomic E-state index is 13.0. The predicted octanol–water partition coefficient (Wildman–Crippen LogP) is 4.41. The number of methoxy groups -OCH3 is 1. The molecule has 0 aliphatic carbocycles. The Morgan fingerprint density at radius 2 is 1.80 bits per heavy atom. The van der Waals surface area contributed by atoms with Gasteiger partial charge in [-0.05, 0) is 39.8 Å². The van der Waals surface area contributed by atoms with Crippen LogP contribution < -0.4 is 24.8 Å². The zero-order valence-corrected chi connectivity index (χ0v) is 24.6. The summed E-state index contributed by atoms with van der Waals surface area (Å²) in [5, 5.41) is 4.82. The van der Waals surface area contributed by atoms with Gasteiger partial charge in [0, 0.05) is 52.0 Å². The summed E-state index contributed by atoms with van der Waals surface area (Å²) >= 11 is 1.45. The Labute approximate surface area is 237 Å². The molecule has 13 heteroatoms. The van der Waals surface area contributed by atoms with Crippen molar-refractivity contribution >= 4 is 57.2 Å². The van der Waals surface area contributed by atoms with E-state index in [9.17, 15) is 9.59 Å². The highest BCUT2D eigenvalue weighted by Crippen LogP contribution is 2.41. The molecule has 212 valence electrons. The van der Waals surface area contributed by atoms with Crippen LogP contribution in [0.15, 0.2) is 24.4 Å². The number of nitrogens with zero attached hydrogens (tertiary/aromatic N) is 7. The van der Waals surface area contributed by atoms with E-state index < -0.39 is 5.60 Å². The van der Waals surface area contributed by atoms with Gasteiger partial charge in [-0.2, -0.15) is 4.98 Å². The number of nitrogens with one attached hydrogen (secondary N) is 1. The van der Waals surface area contributed by atoms with Gasteiger partial charge in [0.15, 0.2) is 11.5 Å². The second-order valence-electron chi connectivity index (χ2n) is 10.7. The summed E-state index contributed by atoms with van der Waals surface area (Å²) in [5.74, 6) is 1.40. The van der Waals surface area contributed by atoms with Crippen molar-refractivity contribution in [3.05, 3.63) is 35.1 Å². The normalized spacial score (nSPS) is 15.4. The zero-order chi connectivity index (χ0) is 28.8. The number of amides is 2. The number of aryl methyl sites for hydroxylation is 1. The summed E-state index contributed by atoms with van der Waals surface area (Å²) in [5.41, 5.74) is 2.17. The van der Waals surface area contributed by atoms with Crippen LogP contribution in [0.3, 0.4) is 0 Å². The predicted molar refractivity (Wildman–Crippen MR) is 156 cm³/mol. The lowest BCUT2D eigenvalue weighted by molar-refractivity contribution is 0.0240. The SMILES string of the molecule is COc1cc(N2CCN(C(=O)OC(C)(C)C)CC2)ccc1Nc1ncc2c(n1)N(C)c1sc(C)nc1C(=O)N2C. The van der Waals surface area contributed by atoms with Crippen LogP contribution >= 0.6 is 11.3 Å². The Morgan fingerprint density at radius 1 is 1.07 bits per heavy atom. The van der Waals surface area contributed by atoms with E-state index in [4.69, 9.17) is 14.5 Å². The van der Waals surface area contributed by atoms with Crippen molar-refractivity contribution in [1.29, 1.82) is 0 Å². The Morgan fingerprint density at radius 3 is 2.48 bits per heavy atom. The first-order valence-corrected chi connectivity index (χ1v) is 13.8. The lowest BCUT2D eigenvalue weighted by Crippen LogP contribution is -2.50. The molecule has 0 atom stereocenters. The fraction of sp³-hybridized carbons (Fsp3) is 0.444. The van der Waals surface area contributed by atoms with Crippen LogP contribution in [0.2, 0.25) is 0 Å². The number of carbonyl (C=O) groups is 2. The fourth-order valence-electron chi connectivity index (χ4n) is 4.63. The van der Waals surface area contributed by atoms with Gasteiger partial charge in [0.1, 0.15) is 22.0 Å². The number of thiazole rings is 1. The number of carbonyl (C=O) groups excluding carboxylic acids is 2. The van der Waals surface area contributed by atoms with Crippen molar-refractivity contribution in [2.75, 3.05) is 67.4 Å². The summed E-state index contributed by atoms with van der Waals surface area (Å²) in [6.07, 6.45) is 1.35. The molecule has 1 aromatic carbocycles. The standard InChI is InChI=1S/C27H34N8O4S/c1-16-29-21-23(36)32(5)19-15-28-25(31-22(19)33(6)24(21)40-16)30-18-9-8-17(14-20(18)38-7)34-10-12-35(13-11-34)26(37)39-27(2,3)4/h8-9,14-15H,10-13H2,1-7H3,(H,28,30,31). The Hall–Kier alpha value is -4.13. The molecule has 4 heterocycles. The molecule has 2 aliphatic rings. The average molecular weight is 567 g/mol. The Kier molecular flexibility index (Phi) is 7.17. The number of aromatic nitrogens is 3. The van der Waals surface area contributed by atoms with Gasteiger partial charge >= 0.3 is 6.09 Å². The van der Waals surface area contributed by atoms with Gasteiger partial charge in [-0.15, -0.1) is 11.3 Å². The molecule has 1 saturated heterocycles. The number of anilines is 6. The van der Waals surface area contributed by atoms with Gasteiger partial charge in [0.25, 0.3) is 5.91 Å². The zero-order valence-electron chi connectivity index (χ0n) is 23.8. The fourth-order valence-corrected chi connectivity index (χ4v) is 5.50.